The normalized spacial score (nSPS) is 10.5. The Morgan fingerprint density at radius 3 is 2.47 bits per heavy atom. The molecule has 2 aromatic rings. The van der Waals surface area contributed by atoms with E-state index in [9.17, 15) is 4.79 Å². The van der Waals surface area contributed by atoms with Crippen molar-refractivity contribution in [3.05, 3.63) is 58.9 Å². The van der Waals surface area contributed by atoms with E-state index in [0.717, 1.165) is 5.69 Å². The molecule has 3 nitrogen and oxygen atoms in total. The first kappa shape index (κ1) is 13.6. The fraction of sp³-hybridized carbons (Fsp3) is 0.200. The molecular formula is C15H15ClN2O. The summed E-state index contributed by atoms with van der Waals surface area (Å²) in [4.78, 5) is 15.9. The molecular weight excluding hydrogens is 260 g/mol. The number of hydrogen-bond acceptors (Lipinski definition) is 2. The van der Waals surface area contributed by atoms with Crippen LogP contribution in [0.3, 0.4) is 0 Å². The molecule has 0 aliphatic carbocycles. The van der Waals surface area contributed by atoms with Gasteiger partial charge in [0.1, 0.15) is 0 Å². The van der Waals surface area contributed by atoms with E-state index in [1.807, 2.05) is 24.3 Å². The number of benzene rings is 1. The highest BCUT2D eigenvalue weighted by atomic mass is 35.5. The highest BCUT2D eigenvalue weighted by molar-refractivity contribution is 6.34. The Hall–Kier alpha value is -1.87. The fourth-order valence-corrected chi connectivity index (χ4v) is 1.89. The van der Waals surface area contributed by atoms with Crippen molar-refractivity contribution in [1.82, 2.24) is 4.98 Å². The summed E-state index contributed by atoms with van der Waals surface area (Å²) in [5.41, 5.74) is 2.35. The van der Waals surface area contributed by atoms with Crippen LogP contribution < -0.4 is 5.32 Å². The van der Waals surface area contributed by atoms with Crippen molar-refractivity contribution < 1.29 is 4.79 Å². The predicted molar refractivity (Wildman–Crippen MR) is 77.7 cm³/mol. The minimum absolute atomic E-state index is 0.254. The maximum absolute atomic E-state index is 12.0. The zero-order valence-electron chi connectivity index (χ0n) is 10.9. The van der Waals surface area contributed by atoms with Gasteiger partial charge in [-0.25, -0.2) is 0 Å². The Morgan fingerprint density at radius 1 is 1.21 bits per heavy atom. The molecule has 0 atom stereocenters. The molecule has 1 amide bonds. The zero-order chi connectivity index (χ0) is 13.8. The van der Waals surface area contributed by atoms with E-state index < -0.39 is 0 Å². The third kappa shape index (κ3) is 3.32. The fourth-order valence-electron chi connectivity index (χ4n) is 1.69. The topological polar surface area (TPSA) is 42.0 Å². The summed E-state index contributed by atoms with van der Waals surface area (Å²) in [7, 11) is 0. The van der Waals surface area contributed by atoms with Crippen LogP contribution in [-0.4, -0.2) is 10.9 Å². The first-order valence-corrected chi connectivity index (χ1v) is 6.46. The SMILES string of the molecule is CC(C)c1ccc(NC(=O)c2cnccc2Cl)cc1. The lowest BCUT2D eigenvalue weighted by molar-refractivity contribution is 0.102. The minimum Gasteiger partial charge on any atom is -0.322 e. The maximum Gasteiger partial charge on any atom is 0.258 e. The third-order valence-electron chi connectivity index (χ3n) is 2.85. The number of nitrogens with one attached hydrogen (secondary N) is 1. The van der Waals surface area contributed by atoms with E-state index in [4.69, 9.17) is 11.6 Å². The Balaban J connectivity index is 2.13. The van der Waals surface area contributed by atoms with Gasteiger partial charge in [0, 0.05) is 18.1 Å². The van der Waals surface area contributed by atoms with Crippen molar-refractivity contribution >= 4 is 23.2 Å². The molecule has 0 saturated carbocycles. The number of hydrogen-bond donors (Lipinski definition) is 1. The quantitative estimate of drug-likeness (QED) is 0.915. The van der Waals surface area contributed by atoms with Gasteiger partial charge in [0.05, 0.1) is 10.6 Å². The van der Waals surface area contributed by atoms with Crippen LogP contribution >= 0.6 is 11.6 Å². The Labute approximate surface area is 117 Å². The molecule has 2 rings (SSSR count). The van der Waals surface area contributed by atoms with Gasteiger partial charge in [-0.05, 0) is 29.7 Å². The van der Waals surface area contributed by atoms with Crippen LogP contribution in [0.15, 0.2) is 42.7 Å². The second kappa shape index (κ2) is 5.85. The van der Waals surface area contributed by atoms with Crippen LogP contribution in [0.4, 0.5) is 5.69 Å². The van der Waals surface area contributed by atoms with Crippen molar-refractivity contribution in [2.75, 3.05) is 5.32 Å². The van der Waals surface area contributed by atoms with Gasteiger partial charge < -0.3 is 5.32 Å². The van der Waals surface area contributed by atoms with Crippen molar-refractivity contribution in [3.8, 4) is 0 Å². The highest BCUT2D eigenvalue weighted by Crippen LogP contribution is 2.19. The molecule has 1 N–H and O–H groups in total. The standard InChI is InChI=1S/C15H15ClN2O/c1-10(2)11-3-5-12(6-4-11)18-15(19)13-9-17-8-7-14(13)16/h3-10H,1-2H3,(H,18,19). The Kier molecular flexibility index (Phi) is 4.17. The summed E-state index contributed by atoms with van der Waals surface area (Å²) in [6.45, 7) is 4.26. The number of aromatic nitrogens is 1. The molecule has 0 radical (unpaired) electrons. The van der Waals surface area contributed by atoms with Crippen molar-refractivity contribution in [2.24, 2.45) is 0 Å². The number of halogens is 1. The molecule has 19 heavy (non-hydrogen) atoms. The lowest BCUT2D eigenvalue weighted by Crippen LogP contribution is -2.12. The molecule has 1 heterocycles. The molecule has 0 unspecified atom stereocenters. The number of carbonyl (C=O) groups excluding carboxylic acids is 1. The molecule has 98 valence electrons. The monoisotopic (exact) mass is 274 g/mol. The van der Waals surface area contributed by atoms with Gasteiger partial charge in [-0.1, -0.05) is 37.6 Å². The molecule has 0 fully saturated rings. The van der Waals surface area contributed by atoms with E-state index in [-0.39, 0.29) is 5.91 Å². The zero-order valence-corrected chi connectivity index (χ0v) is 11.6. The van der Waals surface area contributed by atoms with Gasteiger partial charge in [0.2, 0.25) is 0 Å². The first-order valence-electron chi connectivity index (χ1n) is 6.08. The summed E-state index contributed by atoms with van der Waals surface area (Å²) >= 11 is 5.95. The van der Waals surface area contributed by atoms with Gasteiger partial charge in [-0.3, -0.25) is 9.78 Å². The van der Waals surface area contributed by atoms with Gasteiger partial charge in [0.15, 0.2) is 0 Å². The second-order valence-corrected chi connectivity index (χ2v) is 4.99. The van der Waals surface area contributed by atoms with Crippen molar-refractivity contribution in [2.45, 2.75) is 19.8 Å². The number of anilines is 1. The molecule has 0 aliphatic rings. The summed E-state index contributed by atoms with van der Waals surface area (Å²) < 4.78 is 0. The minimum atomic E-state index is -0.254. The number of pyridine rings is 1. The van der Waals surface area contributed by atoms with Crippen LogP contribution in [0.25, 0.3) is 0 Å². The van der Waals surface area contributed by atoms with Gasteiger partial charge in [0.25, 0.3) is 5.91 Å². The number of carbonyl (C=O) groups is 1. The highest BCUT2D eigenvalue weighted by Gasteiger charge is 2.10. The van der Waals surface area contributed by atoms with Gasteiger partial charge in [-0.15, -0.1) is 0 Å². The van der Waals surface area contributed by atoms with Crippen LogP contribution in [0.2, 0.25) is 5.02 Å². The Morgan fingerprint density at radius 2 is 1.89 bits per heavy atom. The third-order valence-corrected chi connectivity index (χ3v) is 3.18. The molecule has 1 aromatic heterocycles. The van der Waals surface area contributed by atoms with E-state index in [1.165, 1.54) is 11.8 Å². The van der Waals surface area contributed by atoms with Crippen LogP contribution in [0.5, 0.6) is 0 Å². The summed E-state index contributed by atoms with van der Waals surface area (Å²) in [6.07, 6.45) is 3.01. The largest absolute Gasteiger partial charge is 0.322 e. The average Bonchev–Trinajstić information content (AvgIpc) is 2.39. The van der Waals surface area contributed by atoms with Crippen LogP contribution in [-0.2, 0) is 0 Å². The molecule has 1 aromatic carbocycles. The average molecular weight is 275 g/mol. The predicted octanol–water partition coefficient (Wildman–Crippen LogP) is 4.11. The Bertz CT molecular complexity index is 579. The number of nitrogens with zero attached hydrogens (tertiary/aromatic N) is 1. The van der Waals surface area contributed by atoms with E-state index in [1.54, 1.807) is 12.3 Å². The van der Waals surface area contributed by atoms with Crippen LogP contribution in [0.1, 0.15) is 35.7 Å². The molecule has 0 spiro atoms. The van der Waals surface area contributed by atoms with E-state index in [0.29, 0.717) is 16.5 Å². The summed E-state index contributed by atoms with van der Waals surface area (Å²) in [5, 5.41) is 3.20. The first-order chi connectivity index (χ1) is 9.08. The maximum atomic E-state index is 12.0. The number of rotatable bonds is 3. The molecule has 4 heteroatoms. The van der Waals surface area contributed by atoms with Gasteiger partial charge in [-0.2, -0.15) is 0 Å². The summed E-state index contributed by atoms with van der Waals surface area (Å²) in [5.74, 6) is 0.216. The smallest absolute Gasteiger partial charge is 0.258 e. The van der Waals surface area contributed by atoms with Crippen molar-refractivity contribution in [1.29, 1.82) is 0 Å². The lowest BCUT2D eigenvalue weighted by Gasteiger charge is -2.09. The number of amides is 1. The molecule has 0 bridgehead atoms. The second-order valence-electron chi connectivity index (χ2n) is 4.59. The molecule has 0 saturated heterocycles. The van der Waals surface area contributed by atoms with Crippen molar-refractivity contribution in [3.63, 3.8) is 0 Å². The van der Waals surface area contributed by atoms with E-state index >= 15 is 0 Å². The van der Waals surface area contributed by atoms with Crippen LogP contribution in [0, 0.1) is 0 Å². The van der Waals surface area contributed by atoms with Gasteiger partial charge >= 0.3 is 0 Å². The van der Waals surface area contributed by atoms with E-state index in [2.05, 4.69) is 24.1 Å². The lowest BCUT2D eigenvalue weighted by atomic mass is 10.0. The summed E-state index contributed by atoms with van der Waals surface area (Å²) in [6, 6.07) is 9.38. The molecule has 0 aliphatic heterocycles.